The maximum absolute atomic E-state index is 9.96. The molecule has 2 heterocycles. The van der Waals surface area contributed by atoms with Gasteiger partial charge in [0.15, 0.2) is 5.82 Å². The molecule has 1 saturated carbocycles. The summed E-state index contributed by atoms with van der Waals surface area (Å²) in [5.41, 5.74) is 0. The van der Waals surface area contributed by atoms with Crippen molar-refractivity contribution < 1.29 is 9.63 Å². The highest BCUT2D eigenvalue weighted by atomic mass is 32.2. The first kappa shape index (κ1) is 11.5. The number of hydrogen-bond acceptors (Lipinski definition) is 5. The van der Waals surface area contributed by atoms with Crippen LogP contribution in [0.4, 0.5) is 0 Å². The van der Waals surface area contributed by atoms with Crippen LogP contribution >= 0.6 is 11.8 Å². The zero-order chi connectivity index (χ0) is 11.7. The fourth-order valence-corrected chi connectivity index (χ4v) is 3.91. The largest absolute Gasteiger partial charge is 0.392 e. The lowest BCUT2D eigenvalue weighted by Crippen LogP contribution is -2.22. The minimum Gasteiger partial charge on any atom is -0.392 e. The van der Waals surface area contributed by atoms with Crippen LogP contribution < -0.4 is 0 Å². The highest BCUT2D eigenvalue weighted by Gasteiger charge is 2.31. The van der Waals surface area contributed by atoms with E-state index in [0.29, 0.717) is 11.1 Å². The molecular formula is C12H18N2O2S. The molecule has 0 amide bonds. The Hall–Kier alpha value is -0.550. The van der Waals surface area contributed by atoms with Crippen molar-refractivity contribution in [2.24, 2.45) is 0 Å². The Kier molecular flexibility index (Phi) is 3.38. The van der Waals surface area contributed by atoms with Crippen molar-refractivity contribution in [3.05, 3.63) is 11.7 Å². The summed E-state index contributed by atoms with van der Waals surface area (Å²) in [6.07, 6.45) is 6.19. The van der Waals surface area contributed by atoms with E-state index in [-0.39, 0.29) is 12.0 Å². The Morgan fingerprint density at radius 2 is 2.06 bits per heavy atom. The third-order valence-corrected chi connectivity index (χ3v) is 5.10. The van der Waals surface area contributed by atoms with E-state index < -0.39 is 0 Å². The van der Waals surface area contributed by atoms with Crippen molar-refractivity contribution in [3.8, 4) is 0 Å². The summed E-state index contributed by atoms with van der Waals surface area (Å²) in [5, 5.41) is 14.5. The number of aliphatic hydroxyl groups is 1. The minimum absolute atomic E-state index is 0.0661. The second-order valence-corrected chi connectivity index (χ2v) is 6.26. The maximum Gasteiger partial charge on any atom is 0.232 e. The third-order valence-electron chi connectivity index (χ3n) is 3.72. The quantitative estimate of drug-likeness (QED) is 0.879. The van der Waals surface area contributed by atoms with Crippen LogP contribution in [0.1, 0.15) is 61.4 Å². The molecule has 0 radical (unpaired) electrons. The van der Waals surface area contributed by atoms with Gasteiger partial charge in [-0.15, -0.1) is 0 Å². The van der Waals surface area contributed by atoms with Crippen molar-refractivity contribution in [3.63, 3.8) is 0 Å². The fourth-order valence-electron chi connectivity index (χ4n) is 2.71. The molecule has 1 aromatic heterocycles. The smallest absolute Gasteiger partial charge is 0.232 e. The first-order chi connectivity index (χ1) is 8.34. The molecule has 1 aromatic rings. The Labute approximate surface area is 105 Å². The van der Waals surface area contributed by atoms with Crippen molar-refractivity contribution >= 4 is 11.8 Å². The molecule has 0 aromatic carbocycles. The Morgan fingerprint density at radius 1 is 1.18 bits per heavy atom. The average Bonchev–Trinajstić information content (AvgIpc) is 3.00. The van der Waals surface area contributed by atoms with Crippen LogP contribution in [-0.4, -0.2) is 27.1 Å². The van der Waals surface area contributed by atoms with Gasteiger partial charge in [0.2, 0.25) is 5.89 Å². The van der Waals surface area contributed by atoms with Crippen molar-refractivity contribution in [1.29, 1.82) is 0 Å². The summed E-state index contributed by atoms with van der Waals surface area (Å²) in [7, 11) is 0. The van der Waals surface area contributed by atoms with Gasteiger partial charge in [0, 0.05) is 0 Å². The van der Waals surface area contributed by atoms with Gasteiger partial charge in [0.05, 0.1) is 17.3 Å². The van der Waals surface area contributed by atoms with Crippen molar-refractivity contribution in [1.82, 2.24) is 10.1 Å². The Bertz CT molecular complexity index is 376. The lowest BCUT2D eigenvalue weighted by Gasteiger charge is -2.24. The molecule has 1 aliphatic carbocycles. The minimum atomic E-state index is -0.298. The van der Waals surface area contributed by atoms with Crippen molar-refractivity contribution in [2.75, 3.05) is 5.75 Å². The van der Waals surface area contributed by atoms with Crippen LogP contribution in [0.15, 0.2) is 4.52 Å². The standard InChI is InChI=1S/C12H18N2O2S/c15-9-5-2-1-4-8(9)12-13-11(14-16-12)10-6-3-7-17-10/h8-10,15H,1-7H2. The molecule has 3 atom stereocenters. The molecule has 2 aliphatic rings. The molecule has 4 nitrogen and oxygen atoms in total. The SMILES string of the molecule is OC1CCCCC1c1nc(C2CCCS2)no1. The molecule has 3 rings (SSSR count). The monoisotopic (exact) mass is 254 g/mol. The highest BCUT2D eigenvalue weighted by Crippen LogP contribution is 2.39. The van der Waals surface area contributed by atoms with Gasteiger partial charge < -0.3 is 9.63 Å². The zero-order valence-corrected chi connectivity index (χ0v) is 10.7. The number of nitrogens with zero attached hydrogens (tertiary/aromatic N) is 2. The number of rotatable bonds is 2. The predicted octanol–water partition coefficient (Wildman–Crippen LogP) is 2.66. The summed E-state index contributed by atoms with van der Waals surface area (Å²) in [6, 6.07) is 0. The van der Waals surface area contributed by atoms with Gasteiger partial charge in [0.25, 0.3) is 0 Å². The lowest BCUT2D eigenvalue weighted by molar-refractivity contribution is 0.0908. The third kappa shape index (κ3) is 2.36. The van der Waals surface area contributed by atoms with Gasteiger partial charge in [-0.05, 0) is 31.4 Å². The van der Waals surface area contributed by atoms with E-state index in [9.17, 15) is 5.11 Å². The van der Waals surface area contributed by atoms with Gasteiger partial charge >= 0.3 is 0 Å². The van der Waals surface area contributed by atoms with Gasteiger partial charge in [-0.2, -0.15) is 16.7 Å². The number of thioether (sulfide) groups is 1. The molecule has 17 heavy (non-hydrogen) atoms. The van der Waals surface area contributed by atoms with Crippen LogP contribution in [0.5, 0.6) is 0 Å². The van der Waals surface area contributed by atoms with E-state index in [4.69, 9.17) is 4.52 Å². The second-order valence-electron chi connectivity index (χ2n) is 4.95. The summed E-state index contributed by atoms with van der Waals surface area (Å²) < 4.78 is 5.35. The molecule has 1 N–H and O–H groups in total. The molecular weight excluding hydrogens is 236 g/mol. The normalized spacial score (nSPS) is 34.1. The number of aliphatic hydroxyl groups excluding tert-OH is 1. The molecule has 1 aliphatic heterocycles. The van der Waals surface area contributed by atoms with Crippen molar-refractivity contribution in [2.45, 2.75) is 55.8 Å². The van der Waals surface area contributed by atoms with E-state index >= 15 is 0 Å². The van der Waals surface area contributed by atoms with E-state index in [1.165, 1.54) is 12.2 Å². The topological polar surface area (TPSA) is 59.2 Å². The average molecular weight is 254 g/mol. The number of aromatic nitrogens is 2. The Morgan fingerprint density at radius 3 is 2.82 bits per heavy atom. The maximum atomic E-state index is 9.96. The van der Waals surface area contributed by atoms with E-state index in [2.05, 4.69) is 10.1 Å². The zero-order valence-electron chi connectivity index (χ0n) is 9.84. The molecule has 5 heteroatoms. The second kappa shape index (κ2) is 4.98. The summed E-state index contributed by atoms with van der Waals surface area (Å²) >= 11 is 1.91. The van der Waals surface area contributed by atoms with E-state index in [0.717, 1.165) is 37.9 Å². The Balaban J connectivity index is 1.74. The first-order valence-corrected chi connectivity index (χ1v) is 7.52. The van der Waals surface area contributed by atoms with Crippen LogP contribution in [0.25, 0.3) is 0 Å². The lowest BCUT2D eigenvalue weighted by atomic mass is 9.86. The summed E-state index contributed by atoms with van der Waals surface area (Å²) in [4.78, 5) is 4.51. The van der Waals surface area contributed by atoms with E-state index in [1.807, 2.05) is 11.8 Å². The van der Waals surface area contributed by atoms with Crippen LogP contribution in [0, 0.1) is 0 Å². The van der Waals surface area contributed by atoms with Gasteiger partial charge in [0.1, 0.15) is 0 Å². The molecule has 0 spiro atoms. The number of hydrogen-bond donors (Lipinski definition) is 1. The van der Waals surface area contributed by atoms with Crippen LogP contribution in [0.3, 0.4) is 0 Å². The summed E-state index contributed by atoms with van der Waals surface area (Å²) in [6.45, 7) is 0. The van der Waals surface area contributed by atoms with Gasteiger partial charge in [-0.25, -0.2) is 0 Å². The van der Waals surface area contributed by atoms with Crippen LogP contribution in [-0.2, 0) is 0 Å². The van der Waals surface area contributed by atoms with Crippen LogP contribution in [0.2, 0.25) is 0 Å². The molecule has 2 fully saturated rings. The summed E-state index contributed by atoms with van der Waals surface area (Å²) in [5.74, 6) is 2.75. The predicted molar refractivity (Wildman–Crippen MR) is 65.9 cm³/mol. The highest BCUT2D eigenvalue weighted by molar-refractivity contribution is 7.99. The van der Waals surface area contributed by atoms with Gasteiger partial charge in [-0.3, -0.25) is 0 Å². The molecule has 0 bridgehead atoms. The molecule has 1 saturated heterocycles. The first-order valence-electron chi connectivity index (χ1n) is 6.48. The fraction of sp³-hybridized carbons (Fsp3) is 0.833. The van der Waals surface area contributed by atoms with E-state index in [1.54, 1.807) is 0 Å². The molecule has 94 valence electrons. The molecule has 3 unspecified atom stereocenters. The van der Waals surface area contributed by atoms with Gasteiger partial charge in [-0.1, -0.05) is 18.0 Å².